The van der Waals surface area contributed by atoms with E-state index in [0.29, 0.717) is 48.2 Å². The average molecular weight is 908 g/mol. The highest BCUT2D eigenvalue weighted by molar-refractivity contribution is 7.89. The van der Waals surface area contributed by atoms with Gasteiger partial charge in [-0.2, -0.15) is 18.2 Å². The van der Waals surface area contributed by atoms with Crippen LogP contribution in [0.1, 0.15) is 75.0 Å². The van der Waals surface area contributed by atoms with E-state index in [2.05, 4.69) is 40.0 Å². The highest BCUT2D eigenvalue weighted by atomic mass is 32.2. The predicted octanol–water partition coefficient (Wildman–Crippen LogP) is 4.51. The summed E-state index contributed by atoms with van der Waals surface area (Å²) < 4.78 is 74.5. The van der Waals surface area contributed by atoms with Gasteiger partial charge in [-0.3, -0.25) is 28.9 Å². The minimum atomic E-state index is -4.59. The number of hydrogen-bond donors (Lipinski definition) is 3. The van der Waals surface area contributed by atoms with Crippen LogP contribution in [0.2, 0.25) is 0 Å². The van der Waals surface area contributed by atoms with Crippen molar-refractivity contribution >= 4 is 56.0 Å². The van der Waals surface area contributed by atoms with Crippen molar-refractivity contribution in [2.45, 2.75) is 93.9 Å². The smallest absolute Gasteiger partial charge is 0.370 e. The van der Waals surface area contributed by atoms with Crippen LogP contribution in [0.5, 0.6) is 0 Å². The molecule has 1 unspecified atom stereocenters. The predicted molar refractivity (Wildman–Crippen MR) is 236 cm³/mol. The number of anilines is 4. The van der Waals surface area contributed by atoms with Crippen LogP contribution in [0.3, 0.4) is 0 Å². The van der Waals surface area contributed by atoms with Crippen molar-refractivity contribution in [2.24, 2.45) is 13.0 Å². The largest absolute Gasteiger partial charge is 0.421 e. The second-order valence-corrected chi connectivity index (χ2v) is 19.8. The van der Waals surface area contributed by atoms with E-state index >= 15 is 0 Å². The van der Waals surface area contributed by atoms with Crippen LogP contribution in [0, 0.1) is 12.8 Å². The van der Waals surface area contributed by atoms with E-state index in [-0.39, 0.29) is 40.7 Å². The molecule has 3 N–H and O–H groups in total. The first-order valence-corrected chi connectivity index (χ1v) is 24.0. The summed E-state index contributed by atoms with van der Waals surface area (Å²) in [4.78, 5) is 55.3. The number of sulfonamides is 1. The van der Waals surface area contributed by atoms with Crippen LogP contribution in [0.4, 0.5) is 36.3 Å². The average Bonchev–Trinajstić information content (AvgIpc) is 3.51. The summed E-state index contributed by atoms with van der Waals surface area (Å²) >= 11 is 0. The Morgan fingerprint density at radius 2 is 1.62 bits per heavy atom. The van der Waals surface area contributed by atoms with Crippen LogP contribution in [-0.4, -0.2) is 120 Å². The number of para-hydroxylation sites is 1. The maximum Gasteiger partial charge on any atom is 0.421 e. The molecule has 0 radical (unpaired) electrons. The summed E-state index contributed by atoms with van der Waals surface area (Å²) in [5, 5.41) is 5.38. The number of aromatic nitrogens is 4. The summed E-state index contributed by atoms with van der Waals surface area (Å²) in [5.74, 6) is -0.344. The number of rotatable bonds is 11. The van der Waals surface area contributed by atoms with Crippen LogP contribution in [0.15, 0.2) is 52.3 Å². The number of halogens is 3. The Bertz CT molecular complexity index is 2570. The minimum Gasteiger partial charge on any atom is -0.370 e. The van der Waals surface area contributed by atoms with Crippen molar-refractivity contribution in [2.75, 3.05) is 74.0 Å². The molecule has 9 rings (SSSR count). The van der Waals surface area contributed by atoms with E-state index < -0.39 is 33.7 Å². The SMILES string of the molecule is Cc1cc(S(=O)(=O)NC2CC(N3CCN(CC4CCN(c5cccc6c5n(C)c(=O)n6C5CCC(=O)NC5=O)CC4)CC3)C2)ccc1Nc1ncc(C(F)(F)F)c(N2CCCCC2)n1. The highest BCUT2D eigenvalue weighted by Gasteiger charge is 2.39. The number of piperazine rings is 1. The van der Waals surface area contributed by atoms with Crippen LogP contribution < -0.4 is 30.8 Å². The van der Waals surface area contributed by atoms with Crippen molar-refractivity contribution in [3.05, 3.63) is 64.2 Å². The standard InChI is InChI=1S/C44H56F3N11O5S/c1-28-23-32(9-10-34(28)49-42-48-26-33(44(45,46)47)40(51-42)57-15-4-3-5-16-57)64(62,63)52-30-24-31(25-30)55-21-19-54(20-22-55)27-29-13-17-56(18-14-29)35-7-6-8-36-39(35)53(2)43(61)58(36)37-11-12-38(59)50-41(37)60/h6-10,23,26,29-31,37,52H,3-5,11-22,24-25,27H2,1-2H3,(H,48,49,51)(H,50,59,60). The van der Waals surface area contributed by atoms with Crippen LogP contribution in [-0.2, 0) is 32.8 Å². The number of fused-ring (bicyclic) bond motifs is 1. The van der Waals surface area contributed by atoms with Gasteiger partial charge in [-0.1, -0.05) is 6.07 Å². The van der Waals surface area contributed by atoms with Crippen molar-refractivity contribution in [3.8, 4) is 0 Å². The molecule has 2 amide bonds. The zero-order valence-electron chi connectivity index (χ0n) is 36.2. The molecule has 64 heavy (non-hydrogen) atoms. The fourth-order valence-corrected chi connectivity index (χ4v) is 11.6. The molecule has 4 aromatic rings. The molecule has 344 valence electrons. The molecule has 0 spiro atoms. The Kier molecular flexibility index (Phi) is 12.2. The molecule has 20 heteroatoms. The first kappa shape index (κ1) is 44.2. The maximum atomic E-state index is 13.8. The van der Waals surface area contributed by atoms with Crippen LogP contribution >= 0.6 is 0 Å². The first-order chi connectivity index (χ1) is 30.6. The lowest BCUT2D eigenvalue weighted by molar-refractivity contribution is -0.138. The van der Waals surface area contributed by atoms with E-state index in [4.69, 9.17) is 0 Å². The van der Waals surface area contributed by atoms with Gasteiger partial charge in [-0.25, -0.2) is 22.9 Å². The van der Waals surface area contributed by atoms with Gasteiger partial charge in [-0.05, 0) is 100 Å². The number of hydrogen-bond acceptors (Lipinski definition) is 12. The fourth-order valence-electron chi connectivity index (χ4n) is 10.2. The van der Waals surface area contributed by atoms with Crippen LogP contribution in [0.25, 0.3) is 11.0 Å². The summed E-state index contributed by atoms with van der Waals surface area (Å²) in [6.07, 6.45) is 2.76. The Hall–Kier alpha value is -5.05. The third-order valence-electron chi connectivity index (χ3n) is 13.9. The highest BCUT2D eigenvalue weighted by Crippen LogP contribution is 2.38. The van der Waals surface area contributed by atoms with Gasteiger partial charge in [0.05, 0.1) is 21.6 Å². The molecule has 1 atom stereocenters. The molecule has 1 saturated carbocycles. The number of carbonyl (C=O) groups is 2. The lowest BCUT2D eigenvalue weighted by Crippen LogP contribution is -2.58. The molecule has 6 heterocycles. The molecule has 4 aliphatic heterocycles. The third-order valence-corrected chi connectivity index (χ3v) is 15.4. The molecular formula is C44H56F3N11O5S. The molecule has 2 aromatic carbocycles. The number of benzene rings is 2. The molecule has 5 aliphatic rings. The van der Waals surface area contributed by atoms with Gasteiger partial charge < -0.3 is 20.0 Å². The summed E-state index contributed by atoms with van der Waals surface area (Å²) in [7, 11) is -2.07. The number of nitrogens with one attached hydrogen (secondary N) is 3. The quantitative estimate of drug-likeness (QED) is 0.180. The van der Waals surface area contributed by atoms with Crippen molar-refractivity contribution in [3.63, 3.8) is 0 Å². The van der Waals surface area contributed by atoms with E-state index in [0.717, 1.165) is 108 Å². The monoisotopic (exact) mass is 907 g/mol. The number of imidazole rings is 1. The van der Waals surface area contributed by atoms with Crippen molar-refractivity contribution in [1.29, 1.82) is 0 Å². The molecule has 2 aromatic heterocycles. The number of alkyl halides is 3. The van der Waals surface area contributed by atoms with E-state index in [1.54, 1.807) is 35.6 Å². The summed E-state index contributed by atoms with van der Waals surface area (Å²) in [6, 6.07) is 9.90. The second-order valence-electron chi connectivity index (χ2n) is 18.1. The zero-order chi connectivity index (χ0) is 44.9. The molecule has 16 nitrogen and oxygen atoms in total. The fraction of sp³-hybridized carbons (Fsp3) is 0.568. The Labute approximate surface area is 370 Å². The molecule has 0 bridgehead atoms. The second kappa shape index (κ2) is 17.7. The number of nitrogens with zero attached hydrogens (tertiary/aromatic N) is 8. The van der Waals surface area contributed by atoms with Gasteiger partial charge in [0.15, 0.2) is 0 Å². The third kappa shape index (κ3) is 8.97. The lowest BCUT2D eigenvalue weighted by Gasteiger charge is -2.47. The number of imide groups is 1. The van der Waals surface area contributed by atoms with Crippen molar-refractivity contribution in [1.82, 2.24) is 38.9 Å². The van der Waals surface area contributed by atoms with Gasteiger partial charge in [0.25, 0.3) is 0 Å². The number of carbonyl (C=O) groups excluding carboxylic acids is 2. The van der Waals surface area contributed by atoms with Gasteiger partial charge in [0.1, 0.15) is 17.4 Å². The Morgan fingerprint density at radius 3 is 2.31 bits per heavy atom. The van der Waals surface area contributed by atoms with Gasteiger partial charge in [0.2, 0.25) is 27.8 Å². The summed E-state index contributed by atoms with van der Waals surface area (Å²) in [6.45, 7) is 9.22. The lowest BCUT2D eigenvalue weighted by atomic mass is 9.86. The number of aryl methyl sites for hydroxylation is 2. The first-order valence-electron chi connectivity index (χ1n) is 22.5. The molecule has 4 saturated heterocycles. The van der Waals surface area contributed by atoms with Gasteiger partial charge in [0, 0.05) is 96.3 Å². The summed E-state index contributed by atoms with van der Waals surface area (Å²) in [5.41, 5.74) is 2.43. The normalized spacial score (nSPS) is 23.4. The van der Waals surface area contributed by atoms with E-state index in [9.17, 15) is 36.0 Å². The topological polar surface area (TPSA) is 170 Å². The number of amides is 2. The van der Waals surface area contributed by atoms with Gasteiger partial charge in [-0.15, -0.1) is 0 Å². The Balaban J connectivity index is 0.734. The molecular weight excluding hydrogens is 852 g/mol. The van der Waals surface area contributed by atoms with Crippen molar-refractivity contribution < 1.29 is 31.2 Å². The molecule has 1 aliphatic carbocycles. The van der Waals surface area contributed by atoms with E-state index in [1.807, 2.05) is 18.2 Å². The minimum absolute atomic E-state index is 0.0105. The van der Waals surface area contributed by atoms with E-state index in [1.165, 1.54) is 10.6 Å². The maximum absolute atomic E-state index is 13.8. The zero-order valence-corrected chi connectivity index (χ0v) is 37.1. The van der Waals surface area contributed by atoms with Gasteiger partial charge >= 0.3 is 11.9 Å². The molecule has 5 fully saturated rings. The Morgan fingerprint density at radius 1 is 0.891 bits per heavy atom. The number of piperidine rings is 3.